The highest BCUT2D eigenvalue weighted by molar-refractivity contribution is 5.08. The van der Waals surface area contributed by atoms with Crippen molar-refractivity contribution in [1.82, 2.24) is 0 Å². The third-order valence-electron chi connectivity index (χ3n) is 3.53. The Labute approximate surface area is 160 Å². The molecule has 0 saturated carbocycles. The quantitative estimate of drug-likeness (QED) is 0.307. The summed E-state index contributed by atoms with van der Waals surface area (Å²) in [6, 6.07) is 0. The number of hydrogen-bond donors (Lipinski definition) is 0. The Morgan fingerprint density at radius 2 is 0.933 bits per heavy atom. The van der Waals surface area contributed by atoms with Gasteiger partial charge < -0.3 is 9.47 Å². The molecule has 0 radical (unpaired) electrons. The summed E-state index contributed by atoms with van der Waals surface area (Å²) >= 11 is 0. The standard InChI is InChI=1S/C14H16F14O2/c1-4-8(15,16)11(21,22)13(25,26)12(23,24)9(17,18)5-29-6-10(19,20)14(27,28)30-7(2)3/h7H,4-6H2,1-3H3. The van der Waals surface area contributed by atoms with Crippen LogP contribution in [0.2, 0.25) is 0 Å². The van der Waals surface area contributed by atoms with Crippen LogP contribution in [0.5, 0.6) is 0 Å². The minimum atomic E-state index is -7.39. The summed E-state index contributed by atoms with van der Waals surface area (Å²) < 4.78 is 192. The van der Waals surface area contributed by atoms with E-state index in [1.165, 1.54) is 0 Å². The Balaban J connectivity index is 5.58. The average molecular weight is 482 g/mol. The van der Waals surface area contributed by atoms with Crippen molar-refractivity contribution in [3.05, 3.63) is 0 Å². The van der Waals surface area contributed by atoms with Gasteiger partial charge >= 0.3 is 41.6 Å². The van der Waals surface area contributed by atoms with Crippen LogP contribution in [0.25, 0.3) is 0 Å². The number of alkyl halides is 14. The zero-order valence-corrected chi connectivity index (χ0v) is 15.3. The lowest BCUT2D eigenvalue weighted by Crippen LogP contribution is -2.68. The van der Waals surface area contributed by atoms with Crippen LogP contribution >= 0.6 is 0 Å². The van der Waals surface area contributed by atoms with E-state index in [0.717, 1.165) is 13.8 Å². The SMILES string of the molecule is CCC(F)(F)C(F)(F)C(F)(F)C(F)(F)C(F)(F)COCC(F)(F)C(F)(F)OC(C)C. The second kappa shape index (κ2) is 8.47. The molecule has 0 aromatic heterocycles. The molecule has 2 nitrogen and oxygen atoms in total. The Kier molecular flexibility index (Phi) is 8.17. The van der Waals surface area contributed by atoms with E-state index in [0.29, 0.717) is 0 Å². The van der Waals surface area contributed by atoms with Crippen LogP contribution < -0.4 is 0 Å². The monoisotopic (exact) mass is 482 g/mol. The highest BCUT2D eigenvalue weighted by Gasteiger charge is 2.85. The maximum absolute atomic E-state index is 13.4. The molecule has 0 spiro atoms. The Morgan fingerprint density at radius 3 is 1.30 bits per heavy atom. The molecular weight excluding hydrogens is 466 g/mol. The average Bonchev–Trinajstić information content (AvgIpc) is 2.52. The fourth-order valence-corrected chi connectivity index (χ4v) is 1.74. The van der Waals surface area contributed by atoms with Gasteiger partial charge in [-0.15, -0.1) is 0 Å². The van der Waals surface area contributed by atoms with Crippen molar-refractivity contribution in [3.63, 3.8) is 0 Å². The van der Waals surface area contributed by atoms with E-state index in [1.54, 1.807) is 0 Å². The van der Waals surface area contributed by atoms with E-state index < -0.39 is 67.4 Å². The van der Waals surface area contributed by atoms with Gasteiger partial charge in [0.2, 0.25) is 0 Å². The molecule has 0 N–H and O–H groups in total. The van der Waals surface area contributed by atoms with Crippen molar-refractivity contribution < 1.29 is 70.9 Å². The van der Waals surface area contributed by atoms with E-state index in [9.17, 15) is 61.5 Å². The summed E-state index contributed by atoms with van der Waals surface area (Å²) in [4.78, 5) is 0. The predicted octanol–water partition coefficient (Wildman–Crippen LogP) is 6.24. The highest BCUT2D eigenvalue weighted by Crippen LogP contribution is 2.57. The molecule has 0 unspecified atom stereocenters. The first-order valence-corrected chi connectivity index (χ1v) is 7.84. The van der Waals surface area contributed by atoms with Crippen molar-refractivity contribution in [2.75, 3.05) is 13.2 Å². The summed E-state index contributed by atoms with van der Waals surface area (Å²) in [5.41, 5.74) is 0. The van der Waals surface area contributed by atoms with Crippen molar-refractivity contribution in [2.24, 2.45) is 0 Å². The van der Waals surface area contributed by atoms with Crippen LogP contribution in [0.1, 0.15) is 27.2 Å². The van der Waals surface area contributed by atoms with Gasteiger partial charge in [-0.05, 0) is 13.8 Å². The van der Waals surface area contributed by atoms with Gasteiger partial charge in [0.25, 0.3) is 0 Å². The molecule has 0 aliphatic rings. The lowest BCUT2D eigenvalue weighted by Gasteiger charge is -2.39. The molecule has 16 heteroatoms. The van der Waals surface area contributed by atoms with Gasteiger partial charge in [-0.25, -0.2) is 0 Å². The molecule has 0 aromatic rings. The van der Waals surface area contributed by atoms with Crippen LogP contribution in [-0.2, 0) is 9.47 Å². The van der Waals surface area contributed by atoms with Crippen LogP contribution in [0, 0.1) is 0 Å². The lowest BCUT2D eigenvalue weighted by atomic mass is 9.93. The van der Waals surface area contributed by atoms with Crippen molar-refractivity contribution in [2.45, 2.75) is 74.9 Å². The topological polar surface area (TPSA) is 18.5 Å². The largest absolute Gasteiger partial charge is 0.422 e. The van der Waals surface area contributed by atoms with Gasteiger partial charge in [-0.3, -0.25) is 0 Å². The molecular formula is C14H16F14O2. The summed E-state index contributed by atoms with van der Waals surface area (Å²) in [5.74, 6) is -39.4. The van der Waals surface area contributed by atoms with Gasteiger partial charge in [-0.2, -0.15) is 61.5 Å². The second-order valence-corrected chi connectivity index (χ2v) is 6.37. The summed E-state index contributed by atoms with van der Waals surface area (Å²) in [7, 11) is 0. The Hall–Kier alpha value is -1.06. The minimum absolute atomic E-state index is 0.172. The maximum atomic E-state index is 13.4. The lowest BCUT2D eigenvalue weighted by molar-refractivity contribution is -0.407. The first-order valence-electron chi connectivity index (χ1n) is 7.84. The van der Waals surface area contributed by atoms with Crippen LogP contribution in [-0.4, -0.2) is 61.0 Å². The molecule has 30 heavy (non-hydrogen) atoms. The zero-order chi connectivity index (χ0) is 24.6. The number of ether oxygens (including phenoxy) is 2. The van der Waals surface area contributed by atoms with Crippen molar-refractivity contribution in [1.29, 1.82) is 0 Å². The molecule has 0 heterocycles. The van der Waals surface area contributed by atoms with Gasteiger partial charge in [-0.1, -0.05) is 6.92 Å². The van der Waals surface area contributed by atoms with Crippen LogP contribution in [0.3, 0.4) is 0 Å². The maximum Gasteiger partial charge on any atom is 0.422 e. The molecule has 0 aromatic carbocycles. The number of rotatable bonds is 12. The molecule has 0 saturated heterocycles. The molecule has 0 aliphatic carbocycles. The van der Waals surface area contributed by atoms with E-state index in [1.807, 2.05) is 0 Å². The molecule has 0 bridgehead atoms. The van der Waals surface area contributed by atoms with E-state index in [4.69, 9.17) is 0 Å². The van der Waals surface area contributed by atoms with Gasteiger partial charge in [0.1, 0.15) is 13.2 Å². The Morgan fingerprint density at radius 1 is 0.567 bits per heavy atom. The molecule has 0 fully saturated rings. The zero-order valence-electron chi connectivity index (χ0n) is 15.3. The third-order valence-corrected chi connectivity index (χ3v) is 3.53. The van der Waals surface area contributed by atoms with E-state index in [-0.39, 0.29) is 6.92 Å². The molecule has 182 valence electrons. The molecule has 0 amide bonds. The van der Waals surface area contributed by atoms with E-state index >= 15 is 0 Å². The predicted molar refractivity (Wildman–Crippen MR) is 72.0 cm³/mol. The third kappa shape index (κ3) is 5.05. The van der Waals surface area contributed by atoms with Crippen molar-refractivity contribution >= 4 is 0 Å². The number of hydrogen-bond acceptors (Lipinski definition) is 2. The Bertz CT molecular complexity index is 573. The first kappa shape index (κ1) is 28.9. The minimum Gasteiger partial charge on any atom is -0.368 e. The molecule has 0 atom stereocenters. The fourth-order valence-electron chi connectivity index (χ4n) is 1.74. The molecule has 0 rings (SSSR count). The smallest absolute Gasteiger partial charge is 0.368 e. The van der Waals surface area contributed by atoms with Crippen molar-refractivity contribution in [3.8, 4) is 0 Å². The molecule has 0 aliphatic heterocycles. The van der Waals surface area contributed by atoms with Crippen LogP contribution in [0.4, 0.5) is 61.5 Å². The van der Waals surface area contributed by atoms with Crippen LogP contribution in [0.15, 0.2) is 0 Å². The van der Waals surface area contributed by atoms with E-state index in [2.05, 4.69) is 9.47 Å². The normalized spacial score (nSPS) is 15.8. The summed E-state index contributed by atoms with van der Waals surface area (Å²) in [6.07, 6.45) is -9.07. The second-order valence-electron chi connectivity index (χ2n) is 6.37. The summed E-state index contributed by atoms with van der Waals surface area (Å²) in [6.45, 7) is -4.12. The number of halogens is 14. The van der Waals surface area contributed by atoms with Gasteiger partial charge in [0.05, 0.1) is 6.10 Å². The van der Waals surface area contributed by atoms with Gasteiger partial charge in [0.15, 0.2) is 0 Å². The first-order chi connectivity index (χ1) is 12.9. The highest BCUT2D eigenvalue weighted by atomic mass is 19.4. The summed E-state index contributed by atoms with van der Waals surface area (Å²) in [5, 5.41) is 0. The fraction of sp³-hybridized carbons (Fsp3) is 1.00. The van der Waals surface area contributed by atoms with Gasteiger partial charge in [0, 0.05) is 6.42 Å².